The Kier molecular flexibility index (Phi) is 7.33. The summed E-state index contributed by atoms with van der Waals surface area (Å²) in [5.41, 5.74) is 7.64. The maximum absolute atomic E-state index is 13.7. The van der Waals surface area contributed by atoms with Gasteiger partial charge in [-0.05, 0) is 99.3 Å². The number of aliphatic hydroxyl groups is 1. The maximum atomic E-state index is 13.7. The van der Waals surface area contributed by atoms with E-state index in [1.54, 1.807) is 49.6 Å². The zero-order valence-corrected chi connectivity index (χ0v) is 24.7. The summed E-state index contributed by atoms with van der Waals surface area (Å²) in [6.45, 7) is 4.95. The highest BCUT2D eigenvalue weighted by molar-refractivity contribution is 5.96. The van der Waals surface area contributed by atoms with E-state index in [0.29, 0.717) is 33.9 Å². The minimum Gasteiger partial charge on any atom is -0.490 e. The molecular formula is C34H33FN4O5. The van der Waals surface area contributed by atoms with Crippen molar-refractivity contribution in [1.82, 2.24) is 15.3 Å². The van der Waals surface area contributed by atoms with Crippen LogP contribution in [-0.4, -0.2) is 46.1 Å². The van der Waals surface area contributed by atoms with E-state index in [2.05, 4.69) is 15.3 Å². The lowest BCUT2D eigenvalue weighted by atomic mass is 9.82. The fraction of sp³-hybridized carbons (Fsp3) is 0.294. The first kappa shape index (κ1) is 29.3. The number of nitrogens with two attached hydrogens (primary N) is 1. The number of primary amides is 1. The molecule has 2 atom stereocenters. The third-order valence-electron chi connectivity index (χ3n) is 8.25. The second-order valence-electron chi connectivity index (χ2n) is 11.9. The summed E-state index contributed by atoms with van der Waals surface area (Å²) in [7, 11) is 0. The lowest BCUT2D eigenvalue weighted by molar-refractivity contribution is -0.123. The van der Waals surface area contributed by atoms with Crippen molar-refractivity contribution in [1.29, 1.82) is 0 Å². The number of carbonyl (C=O) groups is 2. The number of hydrogen-bond acceptors (Lipinski definition) is 7. The molecular weight excluding hydrogens is 563 g/mol. The highest BCUT2D eigenvalue weighted by atomic mass is 19.1. The molecule has 4 N–H and O–H groups in total. The van der Waals surface area contributed by atoms with Crippen molar-refractivity contribution in [2.45, 2.75) is 50.7 Å². The summed E-state index contributed by atoms with van der Waals surface area (Å²) in [4.78, 5) is 34.7. The topological polar surface area (TPSA) is 137 Å². The Morgan fingerprint density at radius 3 is 2.59 bits per heavy atom. The molecule has 3 heterocycles. The molecule has 6 rings (SSSR count). The summed E-state index contributed by atoms with van der Waals surface area (Å²) in [6.07, 6.45) is 5.54. The van der Waals surface area contributed by atoms with Gasteiger partial charge in [-0.25, -0.2) is 9.37 Å². The van der Waals surface area contributed by atoms with E-state index in [1.165, 1.54) is 19.1 Å². The molecule has 2 aromatic heterocycles. The van der Waals surface area contributed by atoms with Gasteiger partial charge < -0.3 is 25.6 Å². The summed E-state index contributed by atoms with van der Waals surface area (Å²) in [6, 6.07) is 14.5. The zero-order valence-electron chi connectivity index (χ0n) is 24.7. The number of aryl methyl sites for hydroxylation is 1. The van der Waals surface area contributed by atoms with Gasteiger partial charge in [-0.15, -0.1) is 0 Å². The highest BCUT2D eigenvalue weighted by Gasteiger charge is 2.45. The van der Waals surface area contributed by atoms with Gasteiger partial charge in [-0.2, -0.15) is 0 Å². The number of nitrogens with zero attached hydrogens (tertiary/aromatic N) is 2. The lowest BCUT2D eigenvalue weighted by Gasteiger charge is -2.26. The number of halogens is 1. The molecule has 226 valence electrons. The molecule has 0 bridgehead atoms. The Balaban J connectivity index is 1.30. The van der Waals surface area contributed by atoms with Gasteiger partial charge in [0.05, 0.1) is 18.3 Å². The Bertz CT molecular complexity index is 1770. The van der Waals surface area contributed by atoms with E-state index in [1.807, 2.05) is 19.1 Å². The van der Waals surface area contributed by atoms with Crippen molar-refractivity contribution in [3.8, 4) is 33.9 Å². The summed E-state index contributed by atoms with van der Waals surface area (Å²) >= 11 is 0. The van der Waals surface area contributed by atoms with Crippen molar-refractivity contribution in [3.63, 3.8) is 0 Å². The van der Waals surface area contributed by atoms with Crippen LogP contribution in [0.5, 0.6) is 11.5 Å². The van der Waals surface area contributed by atoms with Crippen LogP contribution in [0.2, 0.25) is 0 Å². The minimum atomic E-state index is -1.66. The molecule has 2 aromatic carbocycles. The van der Waals surface area contributed by atoms with Crippen LogP contribution in [0.4, 0.5) is 4.39 Å². The first-order valence-electron chi connectivity index (χ1n) is 14.4. The number of amides is 2. The number of benzene rings is 2. The van der Waals surface area contributed by atoms with E-state index in [0.717, 1.165) is 29.5 Å². The van der Waals surface area contributed by atoms with E-state index >= 15 is 0 Å². The minimum absolute atomic E-state index is 0.00382. The van der Waals surface area contributed by atoms with Crippen molar-refractivity contribution >= 4 is 11.8 Å². The van der Waals surface area contributed by atoms with E-state index < -0.39 is 28.6 Å². The fourth-order valence-electron chi connectivity index (χ4n) is 5.24. The fourth-order valence-corrected chi connectivity index (χ4v) is 5.24. The number of ether oxygens (including phenoxy) is 2. The van der Waals surface area contributed by atoms with Crippen molar-refractivity contribution in [2.24, 2.45) is 5.73 Å². The zero-order chi connectivity index (χ0) is 31.2. The quantitative estimate of drug-likeness (QED) is 0.257. The summed E-state index contributed by atoms with van der Waals surface area (Å²) in [5.74, 6) is -0.477. The Labute approximate surface area is 254 Å². The van der Waals surface area contributed by atoms with Gasteiger partial charge in [-0.3, -0.25) is 14.6 Å². The SMILES string of the molecule is Cc1cnccc1-c1ccc(C(=O)NC[C@](C)(O)c2cc3c(c(-c4ccc(F)cc4)n2)OC[C@]3(C)C(N)=O)cc1OC1CC1. The molecule has 0 spiro atoms. The first-order chi connectivity index (χ1) is 21.0. The van der Waals surface area contributed by atoms with E-state index in [-0.39, 0.29) is 24.9 Å². The molecule has 2 amide bonds. The number of nitrogens with one attached hydrogen (secondary N) is 1. The Hall–Kier alpha value is -4.83. The monoisotopic (exact) mass is 596 g/mol. The molecule has 1 aliphatic carbocycles. The molecule has 1 aliphatic heterocycles. The van der Waals surface area contributed by atoms with Crippen molar-refractivity contribution < 1.29 is 28.6 Å². The Morgan fingerprint density at radius 2 is 1.91 bits per heavy atom. The van der Waals surface area contributed by atoms with Gasteiger partial charge in [0.15, 0.2) is 0 Å². The van der Waals surface area contributed by atoms with Crippen LogP contribution < -0.4 is 20.5 Å². The van der Waals surface area contributed by atoms with Crippen molar-refractivity contribution in [3.05, 3.63) is 95.2 Å². The van der Waals surface area contributed by atoms with Crippen LogP contribution in [0.15, 0.2) is 67.0 Å². The summed E-state index contributed by atoms with van der Waals surface area (Å²) in [5, 5.41) is 14.4. The Morgan fingerprint density at radius 1 is 1.16 bits per heavy atom. The maximum Gasteiger partial charge on any atom is 0.251 e. The van der Waals surface area contributed by atoms with Crippen LogP contribution in [-0.2, 0) is 15.8 Å². The van der Waals surface area contributed by atoms with E-state index in [9.17, 15) is 19.1 Å². The molecule has 9 nitrogen and oxygen atoms in total. The number of carbonyl (C=O) groups excluding carboxylic acids is 2. The standard InChI is InChI=1S/C34H33FN4O5/c1-19-16-37-13-12-24(19)25-11-6-21(14-27(25)44-23-9-10-23)31(40)38-17-34(3,42)28-15-26-30(43-18-33(26,2)32(36)41)29(39-28)20-4-7-22(35)8-5-20/h4-8,11-16,23,42H,9-10,17-18H2,1-3H3,(H2,36,41)(H,38,40)/t33-,34-/m0/s1. The van der Waals surface area contributed by atoms with Gasteiger partial charge in [0.25, 0.3) is 5.91 Å². The smallest absolute Gasteiger partial charge is 0.251 e. The molecule has 0 saturated heterocycles. The molecule has 4 aromatic rings. The van der Waals surface area contributed by atoms with Gasteiger partial charge in [0.2, 0.25) is 5.91 Å². The number of rotatable bonds is 9. The van der Waals surface area contributed by atoms with Crippen molar-refractivity contribution in [2.75, 3.05) is 13.2 Å². The molecule has 1 fully saturated rings. The molecule has 0 unspecified atom stereocenters. The predicted molar refractivity (Wildman–Crippen MR) is 162 cm³/mol. The molecule has 44 heavy (non-hydrogen) atoms. The van der Waals surface area contributed by atoms with Gasteiger partial charge >= 0.3 is 0 Å². The molecule has 10 heteroatoms. The second-order valence-corrected chi connectivity index (χ2v) is 11.9. The molecule has 1 saturated carbocycles. The third-order valence-corrected chi connectivity index (χ3v) is 8.25. The number of aromatic nitrogens is 2. The van der Waals surface area contributed by atoms with Gasteiger partial charge in [0, 0.05) is 34.6 Å². The first-order valence-corrected chi connectivity index (χ1v) is 14.4. The molecule has 0 radical (unpaired) electrons. The van der Waals surface area contributed by atoms with Crippen LogP contribution in [0, 0.1) is 12.7 Å². The van der Waals surface area contributed by atoms with Crippen LogP contribution >= 0.6 is 0 Å². The number of pyridine rings is 2. The normalized spacial score (nSPS) is 18.6. The third kappa shape index (κ3) is 5.48. The highest BCUT2D eigenvalue weighted by Crippen LogP contribution is 2.45. The molecule has 2 aliphatic rings. The number of fused-ring (bicyclic) bond motifs is 1. The van der Waals surface area contributed by atoms with Crippen LogP contribution in [0.25, 0.3) is 22.4 Å². The predicted octanol–water partition coefficient (Wildman–Crippen LogP) is 4.57. The van der Waals surface area contributed by atoms with E-state index in [4.69, 9.17) is 15.2 Å². The second kappa shape index (κ2) is 11.0. The van der Waals surface area contributed by atoms with Gasteiger partial charge in [-0.1, -0.05) is 0 Å². The van der Waals surface area contributed by atoms with Crippen LogP contribution in [0.1, 0.15) is 53.9 Å². The largest absolute Gasteiger partial charge is 0.490 e. The van der Waals surface area contributed by atoms with Crippen LogP contribution in [0.3, 0.4) is 0 Å². The van der Waals surface area contributed by atoms with Gasteiger partial charge in [0.1, 0.15) is 40.6 Å². The number of hydrogen-bond donors (Lipinski definition) is 3. The lowest BCUT2D eigenvalue weighted by Crippen LogP contribution is -2.41. The average molecular weight is 597 g/mol. The average Bonchev–Trinajstić information content (AvgIpc) is 3.76. The summed E-state index contributed by atoms with van der Waals surface area (Å²) < 4.78 is 25.8.